The molecule has 1 N–H and O–H groups in total. The number of carboxylic acids is 1. The summed E-state index contributed by atoms with van der Waals surface area (Å²) in [5.41, 5.74) is 1.94. The van der Waals surface area contributed by atoms with E-state index in [4.69, 9.17) is 0 Å². The lowest BCUT2D eigenvalue weighted by Gasteiger charge is -2.23. The van der Waals surface area contributed by atoms with Crippen LogP contribution in [0.15, 0.2) is 60.7 Å². The molecule has 0 aromatic heterocycles. The number of hydrogen-bond acceptors (Lipinski definition) is 3. The molecule has 2 aromatic rings. The fourth-order valence-electron chi connectivity index (χ4n) is 3.92. The Morgan fingerprint density at radius 3 is 2.17 bits per heavy atom. The Morgan fingerprint density at radius 2 is 1.57 bits per heavy atom. The van der Waals surface area contributed by atoms with Crippen molar-refractivity contribution in [2.45, 2.75) is 57.9 Å². The molecule has 0 aliphatic heterocycles. The maximum absolute atomic E-state index is 13.2. The van der Waals surface area contributed by atoms with Crippen LogP contribution in [-0.4, -0.2) is 35.4 Å². The van der Waals surface area contributed by atoms with Gasteiger partial charge in [-0.2, -0.15) is 0 Å². The number of nitrogens with zero attached hydrogens (tertiary/aromatic N) is 1. The molecule has 0 bridgehead atoms. The van der Waals surface area contributed by atoms with E-state index in [9.17, 15) is 14.7 Å². The van der Waals surface area contributed by atoms with Gasteiger partial charge in [0, 0.05) is 12.5 Å². The number of benzene rings is 2. The van der Waals surface area contributed by atoms with Gasteiger partial charge in [-0.1, -0.05) is 93.3 Å². The quantitative estimate of drug-likeness (QED) is 0.417. The molecule has 0 aliphatic carbocycles. The smallest absolute Gasteiger partial charge is 0.310 e. The number of hydrogen-bond donors (Lipinski definition) is 1. The van der Waals surface area contributed by atoms with Crippen molar-refractivity contribution >= 4 is 11.8 Å². The topological polar surface area (TPSA) is 57.6 Å². The summed E-state index contributed by atoms with van der Waals surface area (Å²) in [6, 6.07) is 19.4. The standard InChI is InChI=1S/C26H35NO3/c1-3-4-5-10-17-23(18-24(26(29)30)22-15-11-7-12-16-22)25(28)20-27(2)19-21-13-8-6-9-14-21/h6-9,11-16,23-24H,3-5,10,17-20H2,1-2H3,(H,29,30). The van der Waals surface area contributed by atoms with Crippen LogP contribution in [0.5, 0.6) is 0 Å². The van der Waals surface area contributed by atoms with Gasteiger partial charge >= 0.3 is 5.97 Å². The lowest BCUT2D eigenvalue weighted by molar-refractivity contribution is -0.139. The first-order valence-corrected chi connectivity index (χ1v) is 11.0. The summed E-state index contributed by atoms with van der Waals surface area (Å²) in [6.07, 6.45) is 5.46. The number of carboxylic acid groups (broad SMARTS) is 1. The second kappa shape index (κ2) is 13.0. The van der Waals surface area contributed by atoms with Crippen LogP contribution in [0.3, 0.4) is 0 Å². The third-order valence-corrected chi connectivity index (χ3v) is 5.60. The zero-order valence-corrected chi connectivity index (χ0v) is 18.3. The number of likely N-dealkylation sites (N-methyl/N-ethyl adjacent to an activating group) is 1. The van der Waals surface area contributed by atoms with Crippen molar-refractivity contribution in [1.82, 2.24) is 4.90 Å². The van der Waals surface area contributed by atoms with Gasteiger partial charge in [-0.3, -0.25) is 14.5 Å². The molecule has 2 rings (SSSR count). The van der Waals surface area contributed by atoms with E-state index in [-0.39, 0.29) is 11.7 Å². The number of Topliss-reactive ketones (excluding diaryl/α,β-unsaturated/α-hetero) is 1. The maximum Gasteiger partial charge on any atom is 0.310 e. The predicted octanol–water partition coefficient (Wildman–Crippen LogP) is 5.53. The number of aliphatic carboxylic acids is 1. The molecule has 162 valence electrons. The van der Waals surface area contributed by atoms with Gasteiger partial charge in [-0.25, -0.2) is 0 Å². The van der Waals surface area contributed by atoms with Crippen LogP contribution in [-0.2, 0) is 16.1 Å². The number of rotatable bonds is 14. The molecule has 30 heavy (non-hydrogen) atoms. The van der Waals surface area contributed by atoms with Crippen molar-refractivity contribution in [2.75, 3.05) is 13.6 Å². The van der Waals surface area contributed by atoms with E-state index in [1.165, 1.54) is 5.56 Å². The van der Waals surface area contributed by atoms with Crippen LogP contribution in [0.2, 0.25) is 0 Å². The SMILES string of the molecule is CCCCCCC(CC(C(=O)O)c1ccccc1)C(=O)CN(C)Cc1ccccc1. The van der Waals surface area contributed by atoms with E-state index in [2.05, 4.69) is 19.1 Å². The average Bonchev–Trinajstić information content (AvgIpc) is 2.74. The molecule has 0 fully saturated rings. The fourth-order valence-corrected chi connectivity index (χ4v) is 3.92. The van der Waals surface area contributed by atoms with Crippen molar-refractivity contribution in [2.24, 2.45) is 5.92 Å². The molecule has 2 atom stereocenters. The van der Waals surface area contributed by atoms with Crippen LogP contribution < -0.4 is 0 Å². The highest BCUT2D eigenvalue weighted by Crippen LogP contribution is 2.28. The lowest BCUT2D eigenvalue weighted by Crippen LogP contribution is -2.32. The van der Waals surface area contributed by atoms with Gasteiger partial charge in [0.1, 0.15) is 5.78 Å². The van der Waals surface area contributed by atoms with E-state index in [0.717, 1.165) is 37.7 Å². The minimum absolute atomic E-state index is 0.145. The van der Waals surface area contributed by atoms with Gasteiger partial charge in [0.15, 0.2) is 0 Å². The Morgan fingerprint density at radius 1 is 0.933 bits per heavy atom. The number of carbonyl (C=O) groups is 2. The zero-order valence-electron chi connectivity index (χ0n) is 18.3. The van der Waals surface area contributed by atoms with Crippen LogP contribution in [0.25, 0.3) is 0 Å². The predicted molar refractivity (Wildman–Crippen MR) is 121 cm³/mol. The molecule has 4 nitrogen and oxygen atoms in total. The highest BCUT2D eigenvalue weighted by Gasteiger charge is 2.28. The van der Waals surface area contributed by atoms with E-state index < -0.39 is 11.9 Å². The monoisotopic (exact) mass is 409 g/mol. The van der Waals surface area contributed by atoms with Crippen LogP contribution >= 0.6 is 0 Å². The van der Waals surface area contributed by atoms with Crippen molar-refractivity contribution in [1.29, 1.82) is 0 Å². The highest BCUT2D eigenvalue weighted by atomic mass is 16.4. The first kappa shape index (κ1) is 23.8. The normalized spacial score (nSPS) is 13.2. The van der Waals surface area contributed by atoms with Crippen LogP contribution in [0.4, 0.5) is 0 Å². The molecule has 0 aliphatic rings. The molecule has 0 saturated heterocycles. The zero-order chi connectivity index (χ0) is 21.8. The molecular formula is C26H35NO3. The summed E-state index contributed by atoms with van der Waals surface area (Å²) in [6.45, 7) is 3.21. The van der Waals surface area contributed by atoms with Crippen molar-refractivity contribution in [3.05, 3.63) is 71.8 Å². The van der Waals surface area contributed by atoms with Gasteiger partial charge < -0.3 is 5.11 Å². The summed E-state index contributed by atoms with van der Waals surface area (Å²) in [7, 11) is 1.95. The van der Waals surface area contributed by atoms with Gasteiger partial charge in [0.05, 0.1) is 12.5 Å². The summed E-state index contributed by atoms with van der Waals surface area (Å²) in [4.78, 5) is 27.2. The van der Waals surface area contributed by atoms with Crippen molar-refractivity contribution in [3.8, 4) is 0 Å². The molecule has 2 unspecified atom stereocenters. The lowest BCUT2D eigenvalue weighted by atomic mass is 9.83. The van der Waals surface area contributed by atoms with Crippen molar-refractivity contribution in [3.63, 3.8) is 0 Å². The Hall–Kier alpha value is -2.46. The van der Waals surface area contributed by atoms with Crippen molar-refractivity contribution < 1.29 is 14.7 Å². The first-order valence-electron chi connectivity index (χ1n) is 11.0. The summed E-state index contributed by atoms with van der Waals surface area (Å²) in [5.74, 6) is -1.59. The summed E-state index contributed by atoms with van der Waals surface area (Å²) < 4.78 is 0. The molecular weight excluding hydrogens is 374 g/mol. The largest absolute Gasteiger partial charge is 0.481 e. The van der Waals surface area contributed by atoms with E-state index in [1.54, 1.807) is 0 Å². The molecule has 2 aromatic carbocycles. The molecule has 0 heterocycles. The summed E-state index contributed by atoms with van der Waals surface area (Å²) in [5, 5.41) is 9.82. The van der Waals surface area contributed by atoms with E-state index in [1.807, 2.05) is 60.5 Å². The third-order valence-electron chi connectivity index (χ3n) is 5.60. The Kier molecular flexibility index (Phi) is 10.3. The Bertz CT molecular complexity index is 760. The average molecular weight is 410 g/mol. The summed E-state index contributed by atoms with van der Waals surface area (Å²) >= 11 is 0. The highest BCUT2D eigenvalue weighted by molar-refractivity contribution is 5.84. The minimum Gasteiger partial charge on any atom is -0.481 e. The third kappa shape index (κ3) is 8.11. The molecule has 0 radical (unpaired) electrons. The van der Waals surface area contributed by atoms with Gasteiger partial charge in [-0.05, 0) is 31.0 Å². The maximum atomic E-state index is 13.2. The second-order valence-corrected chi connectivity index (χ2v) is 8.21. The second-order valence-electron chi connectivity index (χ2n) is 8.21. The number of carbonyl (C=O) groups excluding carboxylic acids is 1. The number of ketones is 1. The molecule has 4 heteroatoms. The first-order chi connectivity index (χ1) is 14.5. The van der Waals surface area contributed by atoms with Gasteiger partial charge in [0.2, 0.25) is 0 Å². The van der Waals surface area contributed by atoms with E-state index >= 15 is 0 Å². The Labute approximate surface area is 180 Å². The number of unbranched alkanes of at least 4 members (excludes halogenated alkanes) is 3. The molecule has 0 amide bonds. The van der Waals surface area contributed by atoms with Gasteiger partial charge in [-0.15, -0.1) is 0 Å². The van der Waals surface area contributed by atoms with Gasteiger partial charge in [0.25, 0.3) is 0 Å². The molecule has 0 saturated carbocycles. The fraction of sp³-hybridized carbons (Fsp3) is 0.462. The molecule has 0 spiro atoms. The Balaban J connectivity index is 2.06. The van der Waals surface area contributed by atoms with E-state index in [0.29, 0.717) is 19.5 Å². The minimum atomic E-state index is -0.856. The van der Waals surface area contributed by atoms with Crippen LogP contribution in [0.1, 0.15) is 62.5 Å². The van der Waals surface area contributed by atoms with Crippen LogP contribution in [0, 0.1) is 5.92 Å².